The zero-order chi connectivity index (χ0) is 14.8. The van der Waals surface area contributed by atoms with Crippen LogP contribution in [0.25, 0.3) is 0 Å². The highest BCUT2D eigenvalue weighted by molar-refractivity contribution is 5.91. The second kappa shape index (κ2) is 6.18. The van der Waals surface area contributed by atoms with E-state index in [9.17, 15) is 4.79 Å². The number of aromatic nitrogens is 2. The van der Waals surface area contributed by atoms with Gasteiger partial charge in [-0.25, -0.2) is 4.68 Å². The van der Waals surface area contributed by atoms with Gasteiger partial charge in [-0.15, -0.1) is 0 Å². The molecular weight excluding hydrogens is 264 g/mol. The summed E-state index contributed by atoms with van der Waals surface area (Å²) in [5.74, 6) is 2.34. The number of rotatable bonds is 5. The molecule has 0 bridgehead atoms. The Morgan fingerprint density at radius 1 is 1.48 bits per heavy atom. The van der Waals surface area contributed by atoms with Gasteiger partial charge in [-0.3, -0.25) is 9.69 Å². The molecule has 5 nitrogen and oxygen atoms in total. The van der Waals surface area contributed by atoms with Crippen molar-refractivity contribution in [1.29, 1.82) is 0 Å². The van der Waals surface area contributed by atoms with Crippen molar-refractivity contribution in [3.05, 3.63) is 12.3 Å². The van der Waals surface area contributed by atoms with E-state index in [4.69, 9.17) is 0 Å². The van der Waals surface area contributed by atoms with Gasteiger partial charge in [0.1, 0.15) is 5.82 Å². The van der Waals surface area contributed by atoms with Crippen molar-refractivity contribution in [3.8, 4) is 0 Å². The molecule has 0 spiro atoms. The number of hydrogen-bond donors (Lipinski definition) is 1. The van der Waals surface area contributed by atoms with E-state index in [1.54, 1.807) is 6.20 Å². The Labute approximate surface area is 126 Å². The molecule has 1 aliphatic carbocycles. The summed E-state index contributed by atoms with van der Waals surface area (Å²) in [7, 11) is 0. The van der Waals surface area contributed by atoms with Gasteiger partial charge < -0.3 is 5.32 Å². The highest BCUT2D eigenvalue weighted by Crippen LogP contribution is 2.40. The van der Waals surface area contributed by atoms with Crippen molar-refractivity contribution in [2.75, 3.05) is 25.0 Å². The number of nitrogens with one attached hydrogen (secondary N) is 1. The summed E-state index contributed by atoms with van der Waals surface area (Å²) in [4.78, 5) is 14.5. The van der Waals surface area contributed by atoms with Crippen LogP contribution in [0.2, 0.25) is 0 Å². The Morgan fingerprint density at radius 3 is 3.00 bits per heavy atom. The van der Waals surface area contributed by atoms with E-state index in [0.29, 0.717) is 18.5 Å². The third-order valence-corrected chi connectivity index (χ3v) is 4.74. The molecule has 0 aromatic carbocycles. The number of carbonyl (C=O) groups excluding carboxylic acids is 1. The molecule has 0 radical (unpaired) electrons. The maximum atomic E-state index is 12.3. The van der Waals surface area contributed by atoms with Gasteiger partial charge in [0.05, 0.1) is 18.8 Å². The van der Waals surface area contributed by atoms with E-state index in [-0.39, 0.29) is 5.91 Å². The monoisotopic (exact) mass is 290 g/mol. The van der Waals surface area contributed by atoms with Crippen LogP contribution < -0.4 is 5.32 Å². The number of amides is 1. The van der Waals surface area contributed by atoms with Gasteiger partial charge in [0.2, 0.25) is 5.91 Å². The normalized spacial score (nSPS) is 24.8. The number of carbonyl (C=O) groups is 1. The Balaban J connectivity index is 1.56. The minimum atomic E-state index is 0.0776. The van der Waals surface area contributed by atoms with Crippen molar-refractivity contribution in [3.63, 3.8) is 0 Å². The average molecular weight is 290 g/mol. The van der Waals surface area contributed by atoms with Crippen LogP contribution >= 0.6 is 0 Å². The third kappa shape index (κ3) is 3.64. The highest BCUT2D eigenvalue weighted by atomic mass is 16.2. The van der Waals surface area contributed by atoms with E-state index in [0.717, 1.165) is 24.8 Å². The van der Waals surface area contributed by atoms with Crippen molar-refractivity contribution in [2.24, 2.45) is 11.8 Å². The Kier molecular flexibility index (Phi) is 4.29. The van der Waals surface area contributed by atoms with Crippen LogP contribution in [0.1, 0.15) is 45.6 Å². The number of anilines is 1. The lowest BCUT2D eigenvalue weighted by molar-refractivity contribution is -0.117. The minimum Gasteiger partial charge on any atom is -0.310 e. The molecule has 1 N–H and O–H groups in total. The lowest BCUT2D eigenvalue weighted by Gasteiger charge is -2.30. The molecule has 2 aliphatic rings. The largest absolute Gasteiger partial charge is 0.310 e. The molecule has 2 atom stereocenters. The molecule has 116 valence electrons. The highest BCUT2D eigenvalue weighted by Gasteiger charge is 2.30. The molecule has 1 aliphatic heterocycles. The number of piperidine rings is 1. The molecule has 2 fully saturated rings. The summed E-state index contributed by atoms with van der Waals surface area (Å²) in [5.41, 5.74) is 0. The first-order valence-corrected chi connectivity index (χ1v) is 8.19. The fourth-order valence-electron chi connectivity index (χ4n) is 3.33. The zero-order valence-electron chi connectivity index (χ0n) is 13.1. The van der Waals surface area contributed by atoms with Gasteiger partial charge >= 0.3 is 0 Å². The van der Waals surface area contributed by atoms with Gasteiger partial charge in [-0.1, -0.05) is 6.92 Å². The maximum Gasteiger partial charge on any atom is 0.239 e. The first kappa shape index (κ1) is 14.6. The van der Waals surface area contributed by atoms with Gasteiger partial charge in [0, 0.05) is 12.6 Å². The molecule has 1 saturated heterocycles. The van der Waals surface area contributed by atoms with Gasteiger partial charge in [-0.2, -0.15) is 5.10 Å². The lowest BCUT2D eigenvalue weighted by Crippen LogP contribution is -2.40. The predicted octanol–water partition coefficient (Wildman–Crippen LogP) is 2.52. The van der Waals surface area contributed by atoms with E-state index in [1.807, 2.05) is 10.7 Å². The molecule has 1 aromatic rings. The van der Waals surface area contributed by atoms with Crippen LogP contribution in [0.3, 0.4) is 0 Å². The van der Waals surface area contributed by atoms with Crippen LogP contribution in [0.5, 0.6) is 0 Å². The molecule has 21 heavy (non-hydrogen) atoms. The summed E-state index contributed by atoms with van der Waals surface area (Å²) < 4.78 is 1.97. The molecule has 1 aromatic heterocycles. The summed E-state index contributed by atoms with van der Waals surface area (Å²) in [6.45, 7) is 7.01. The Morgan fingerprint density at radius 2 is 2.29 bits per heavy atom. The van der Waals surface area contributed by atoms with Gasteiger partial charge in [0.15, 0.2) is 0 Å². The number of likely N-dealkylation sites (tertiary alicyclic amines) is 1. The van der Waals surface area contributed by atoms with E-state index >= 15 is 0 Å². The predicted molar refractivity (Wildman–Crippen MR) is 83.1 cm³/mol. The first-order chi connectivity index (χ1) is 10.1. The van der Waals surface area contributed by atoms with Crippen molar-refractivity contribution >= 4 is 11.7 Å². The van der Waals surface area contributed by atoms with Gasteiger partial charge in [0.25, 0.3) is 0 Å². The summed E-state index contributed by atoms with van der Waals surface area (Å²) >= 11 is 0. The smallest absolute Gasteiger partial charge is 0.239 e. The van der Waals surface area contributed by atoms with Crippen LogP contribution in [-0.2, 0) is 4.79 Å². The second-order valence-corrected chi connectivity index (χ2v) is 6.77. The topological polar surface area (TPSA) is 50.2 Å². The first-order valence-electron chi connectivity index (χ1n) is 8.19. The summed E-state index contributed by atoms with van der Waals surface area (Å²) in [5, 5.41) is 7.41. The van der Waals surface area contributed by atoms with Crippen molar-refractivity contribution < 1.29 is 4.79 Å². The minimum absolute atomic E-state index is 0.0776. The summed E-state index contributed by atoms with van der Waals surface area (Å²) in [6, 6.07) is 2.28. The standard InChI is InChI=1S/C16H26N4O/c1-12-4-3-9-19(10-12)11-16(21)18-15-7-8-17-20(15)13(2)14-5-6-14/h7-8,12-14H,3-6,9-11H2,1-2H3,(H,18,21). The zero-order valence-corrected chi connectivity index (χ0v) is 13.1. The van der Waals surface area contributed by atoms with E-state index < -0.39 is 0 Å². The fourth-order valence-corrected chi connectivity index (χ4v) is 3.33. The molecule has 5 heteroatoms. The van der Waals surface area contributed by atoms with Crippen LogP contribution in [0.4, 0.5) is 5.82 Å². The number of nitrogens with zero attached hydrogens (tertiary/aromatic N) is 3. The Hall–Kier alpha value is -1.36. The van der Waals surface area contributed by atoms with E-state index in [2.05, 4.69) is 29.2 Å². The fraction of sp³-hybridized carbons (Fsp3) is 0.750. The van der Waals surface area contributed by atoms with Crippen molar-refractivity contribution in [1.82, 2.24) is 14.7 Å². The van der Waals surface area contributed by atoms with Crippen LogP contribution in [0.15, 0.2) is 12.3 Å². The molecule has 3 rings (SSSR count). The second-order valence-electron chi connectivity index (χ2n) is 6.77. The third-order valence-electron chi connectivity index (χ3n) is 4.74. The quantitative estimate of drug-likeness (QED) is 0.906. The molecule has 1 amide bonds. The van der Waals surface area contributed by atoms with Gasteiger partial charge in [-0.05, 0) is 51.0 Å². The SMILES string of the molecule is CC1CCCN(CC(=O)Nc2ccnn2C(C)C2CC2)C1. The Bertz CT molecular complexity index is 494. The molecule has 2 heterocycles. The average Bonchev–Trinajstić information content (AvgIpc) is 3.19. The maximum absolute atomic E-state index is 12.3. The molecule has 2 unspecified atom stereocenters. The molecule has 1 saturated carbocycles. The number of hydrogen-bond acceptors (Lipinski definition) is 3. The molecular formula is C16H26N4O. The van der Waals surface area contributed by atoms with Crippen molar-refractivity contribution in [2.45, 2.75) is 45.6 Å². The van der Waals surface area contributed by atoms with Crippen LogP contribution in [0, 0.1) is 11.8 Å². The van der Waals surface area contributed by atoms with Crippen LogP contribution in [-0.4, -0.2) is 40.2 Å². The lowest BCUT2D eigenvalue weighted by atomic mass is 10.0. The van der Waals surface area contributed by atoms with E-state index in [1.165, 1.54) is 25.7 Å². The summed E-state index contributed by atoms with van der Waals surface area (Å²) in [6.07, 6.45) is 6.81.